The van der Waals surface area contributed by atoms with E-state index in [1.165, 1.54) is 5.56 Å². The van der Waals surface area contributed by atoms with Gasteiger partial charge in [-0.15, -0.1) is 0 Å². The number of pyridine rings is 1. The number of rotatable bonds is 3. The molecule has 1 saturated heterocycles. The van der Waals surface area contributed by atoms with E-state index in [1.807, 2.05) is 30.3 Å². The van der Waals surface area contributed by atoms with Gasteiger partial charge in [0, 0.05) is 31.0 Å². The van der Waals surface area contributed by atoms with Crippen LogP contribution >= 0.6 is 0 Å². The van der Waals surface area contributed by atoms with Gasteiger partial charge >= 0.3 is 0 Å². The fourth-order valence-corrected chi connectivity index (χ4v) is 3.08. The molecule has 1 N–H and O–H groups in total. The monoisotopic (exact) mass is 269 g/mol. The Bertz CT molecular complexity index is 535. The third-order valence-corrected chi connectivity index (χ3v) is 4.26. The van der Waals surface area contributed by atoms with Crippen LogP contribution in [0.1, 0.15) is 30.1 Å². The maximum Gasteiger partial charge on any atom is 0.0903 e. The Labute approximate surface area is 119 Å². The lowest BCUT2D eigenvalue weighted by molar-refractivity contribution is -0.0172. The van der Waals surface area contributed by atoms with Crippen molar-refractivity contribution in [1.82, 2.24) is 4.98 Å². The summed E-state index contributed by atoms with van der Waals surface area (Å²) in [5.41, 5.74) is 1.78. The van der Waals surface area contributed by atoms with E-state index in [4.69, 9.17) is 4.74 Å². The molecular weight excluding hydrogens is 250 g/mol. The first kappa shape index (κ1) is 13.3. The van der Waals surface area contributed by atoms with Crippen LogP contribution in [0.4, 0.5) is 0 Å². The molecule has 1 atom stereocenters. The van der Waals surface area contributed by atoms with Crippen LogP contribution in [0.3, 0.4) is 0 Å². The second kappa shape index (κ2) is 5.73. The van der Waals surface area contributed by atoms with Gasteiger partial charge in [0.1, 0.15) is 0 Å². The quantitative estimate of drug-likeness (QED) is 0.931. The first-order chi connectivity index (χ1) is 9.83. The summed E-state index contributed by atoms with van der Waals surface area (Å²) in [5, 5.41) is 11.0. The van der Waals surface area contributed by atoms with Crippen LogP contribution in [0.15, 0.2) is 54.9 Å². The van der Waals surface area contributed by atoms with E-state index in [1.54, 1.807) is 12.4 Å². The van der Waals surface area contributed by atoms with Gasteiger partial charge in [-0.2, -0.15) is 0 Å². The zero-order valence-electron chi connectivity index (χ0n) is 11.4. The van der Waals surface area contributed by atoms with Crippen molar-refractivity contribution in [1.29, 1.82) is 0 Å². The van der Waals surface area contributed by atoms with Crippen molar-refractivity contribution in [2.24, 2.45) is 0 Å². The van der Waals surface area contributed by atoms with Crippen LogP contribution in [-0.4, -0.2) is 23.3 Å². The Morgan fingerprint density at radius 2 is 1.80 bits per heavy atom. The number of aromatic nitrogens is 1. The normalized spacial score (nSPS) is 19.4. The largest absolute Gasteiger partial charge is 0.387 e. The molecule has 104 valence electrons. The van der Waals surface area contributed by atoms with E-state index in [-0.39, 0.29) is 5.41 Å². The first-order valence-corrected chi connectivity index (χ1v) is 7.04. The summed E-state index contributed by atoms with van der Waals surface area (Å²) in [6, 6.07) is 14.1. The highest BCUT2D eigenvalue weighted by Crippen LogP contribution is 2.44. The Balaban J connectivity index is 2.02. The Morgan fingerprint density at radius 1 is 1.05 bits per heavy atom. The third-order valence-electron chi connectivity index (χ3n) is 4.26. The minimum absolute atomic E-state index is 0.275. The van der Waals surface area contributed by atoms with Crippen molar-refractivity contribution < 1.29 is 9.84 Å². The molecular formula is C17H19NO2. The SMILES string of the molecule is OC(c1cccnc1)C1(c2ccccc2)CCOCC1. The van der Waals surface area contributed by atoms with Gasteiger partial charge in [0.25, 0.3) is 0 Å². The van der Waals surface area contributed by atoms with Crippen molar-refractivity contribution in [2.45, 2.75) is 24.4 Å². The number of aliphatic hydroxyl groups excluding tert-OH is 1. The highest BCUT2D eigenvalue weighted by molar-refractivity contribution is 5.31. The average molecular weight is 269 g/mol. The molecule has 2 aromatic rings. The smallest absolute Gasteiger partial charge is 0.0903 e. The lowest BCUT2D eigenvalue weighted by atomic mass is 9.68. The fraction of sp³-hybridized carbons (Fsp3) is 0.353. The van der Waals surface area contributed by atoms with E-state index in [9.17, 15) is 5.11 Å². The molecule has 0 bridgehead atoms. The van der Waals surface area contributed by atoms with E-state index >= 15 is 0 Å². The van der Waals surface area contributed by atoms with Crippen LogP contribution in [-0.2, 0) is 10.2 Å². The molecule has 1 aromatic carbocycles. The van der Waals surface area contributed by atoms with Crippen LogP contribution < -0.4 is 0 Å². The molecule has 3 heteroatoms. The first-order valence-electron chi connectivity index (χ1n) is 7.04. The Hall–Kier alpha value is -1.71. The Kier molecular flexibility index (Phi) is 3.81. The van der Waals surface area contributed by atoms with Gasteiger partial charge in [-0.25, -0.2) is 0 Å². The number of benzene rings is 1. The van der Waals surface area contributed by atoms with Crippen molar-refractivity contribution >= 4 is 0 Å². The summed E-state index contributed by atoms with van der Waals surface area (Å²) in [7, 11) is 0. The van der Waals surface area contributed by atoms with Crippen molar-refractivity contribution in [3.8, 4) is 0 Å². The average Bonchev–Trinajstić information content (AvgIpc) is 2.56. The van der Waals surface area contributed by atoms with E-state index in [2.05, 4.69) is 17.1 Å². The summed E-state index contributed by atoms with van der Waals surface area (Å²) < 4.78 is 5.51. The molecule has 1 fully saturated rings. The Morgan fingerprint density at radius 3 is 2.45 bits per heavy atom. The highest BCUT2D eigenvalue weighted by atomic mass is 16.5. The second-order valence-electron chi connectivity index (χ2n) is 5.32. The van der Waals surface area contributed by atoms with Crippen molar-refractivity contribution in [3.63, 3.8) is 0 Å². The molecule has 2 heterocycles. The molecule has 1 aliphatic rings. The molecule has 0 amide bonds. The van der Waals surface area contributed by atoms with Gasteiger partial charge in [0.05, 0.1) is 6.10 Å². The molecule has 1 aliphatic heterocycles. The maximum absolute atomic E-state index is 11.0. The van der Waals surface area contributed by atoms with Crippen LogP contribution in [0.25, 0.3) is 0 Å². The molecule has 0 saturated carbocycles. The lowest BCUT2D eigenvalue weighted by Gasteiger charge is -2.41. The zero-order chi connectivity index (χ0) is 13.8. The minimum atomic E-state index is -0.553. The van der Waals surface area contributed by atoms with Gasteiger partial charge in [-0.1, -0.05) is 36.4 Å². The topological polar surface area (TPSA) is 42.4 Å². The predicted molar refractivity (Wildman–Crippen MR) is 77.4 cm³/mol. The standard InChI is InChI=1S/C17H19NO2/c19-16(14-5-4-10-18-13-14)17(8-11-20-12-9-17)15-6-2-1-3-7-15/h1-7,10,13,16,19H,8-9,11-12H2. The minimum Gasteiger partial charge on any atom is -0.387 e. The van der Waals surface area contributed by atoms with Crippen LogP contribution in [0.5, 0.6) is 0 Å². The number of nitrogens with zero attached hydrogens (tertiary/aromatic N) is 1. The third kappa shape index (κ3) is 2.35. The molecule has 1 unspecified atom stereocenters. The van der Waals surface area contributed by atoms with Crippen molar-refractivity contribution in [2.75, 3.05) is 13.2 Å². The number of hydrogen-bond acceptors (Lipinski definition) is 3. The molecule has 1 aromatic heterocycles. The van der Waals surface area contributed by atoms with Gasteiger partial charge in [0.2, 0.25) is 0 Å². The summed E-state index contributed by atoms with van der Waals surface area (Å²) in [6.07, 6.45) is 4.59. The van der Waals surface area contributed by atoms with Gasteiger partial charge in [-0.05, 0) is 30.0 Å². The van der Waals surface area contributed by atoms with Crippen molar-refractivity contribution in [3.05, 3.63) is 66.0 Å². The molecule has 0 radical (unpaired) electrons. The molecule has 20 heavy (non-hydrogen) atoms. The summed E-state index contributed by atoms with van der Waals surface area (Å²) in [5.74, 6) is 0. The summed E-state index contributed by atoms with van der Waals surface area (Å²) >= 11 is 0. The van der Waals surface area contributed by atoms with Gasteiger partial charge in [-0.3, -0.25) is 4.98 Å². The second-order valence-corrected chi connectivity index (χ2v) is 5.32. The number of ether oxygens (including phenoxy) is 1. The molecule has 3 rings (SSSR count). The fourth-order valence-electron chi connectivity index (χ4n) is 3.08. The molecule has 0 aliphatic carbocycles. The summed E-state index contributed by atoms with van der Waals surface area (Å²) in [4.78, 5) is 4.13. The van der Waals surface area contributed by atoms with Gasteiger partial charge < -0.3 is 9.84 Å². The maximum atomic E-state index is 11.0. The molecule has 0 spiro atoms. The van der Waals surface area contributed by atoms with Crippen LogP contribution in [0.2, 0.25) is 0 Å². The predicted octanol–water partition coefficient (Wildman–Crippen LogP) is 2.86. The zero-order valence-corrected chi connectivity index (χ0v) is 11.4. The molecule has 3 nitrogen and oxygen atoms in total. The van der Waals surface area contributed by atoms with E-state index in [0.29, 0.717) is 13.2 Å². The van der Waals surface area contributed by atoms with Gasteiger partial charge in [0.15, 0.2) is 0 Å². The highest BCUT2D eigenvalue weighted by Gasteiger charge is 2.41. The number of hydrogen-bond donors (Lipinski definition) is 1. The van der Waals surface area contributed by atoms with E-state index in [0.717, 1.165) is 18.4 Å². The lowest BCUT2D eigenvalue weighted by Crippen LogP contribution is -2.39. The van der Waals surface area contributed by atoms with E-state index < -0.39 is 6.10 Å². The van der Waals surface area contributed by atoms with Crippen LogP contribution in [0, 0.1) is 0 Å². The summed E-state index contributed by atoms with van der Waals surface area (Å²) in [6.45, 7) is 1.37. The number of aliphatic hydroxyl groups is 1.